The molecule has 3 aromatic rings. The lowest BCUT2D eigenvalue weighted by atomic mass is 10.0. The minimum atomic E-state index is -4.50. The molecule has 4 heterocycles. The molecule has 2 unspecified atom stereocenters. The van der Waals surface area contributed by atoms with E-state index in [9.17, 15) is 18.0 Å². The van der Waals surface area contributed by atoms with Crippen LogP contribution in [0.5, 0.6) is 0 Å². The van der Waals surface area contributed by atoms with E-state index in [2.05, 4.69) is 20.7 Å². The van der Waals surface area contributed by atoms with Crippen molar-refractivity contribution in [2.24, 2.45) is 0 Å². The molecule has 0 fully saturated rings. The lowest BCUT2D eigenvalue weighted by Crippen LogP contribution is -2.35. The molecule has 3 aromatic heterocycles. The summed E-state index contributed by atoms with van der Waals surface area (Å²) in [6.45, 7) is 0. The molecule has 2 N–H and O–H groups in total. The van der Waals surface area contributed by atoms with E-state index in [1.54, 1.807) is 18.2 Å². The van der Waals surface area contributed by atoms with Crippen LogP contribution in [0.1, 0.15) is 33.9 Å². The highest BCUT2D eigenvalue weighted by Crippen LogP contribution is 2.44. The SMILES string of the molecule is O=C(Nc1cccnc1Cl)c1cc2n(n1)C(C(F)(F)F)CC(c1cccs1)N2. The second-order valence-electron chi connectivity index (χ2n) is 6.16. The maximum Gasteiger partial charge on any atom is 0.410 e. The summed E-state index contributed by atoms with van der Waals surface area (Å²) in [6.07, 6.45) is -3.26. The van der Waals surface area contributed by atoms with Crippen LogP contribution in [0.3, 0.4) is 0 Å². The number of rotatable bonds is 3. The minimum absolute atomic E-state index is 0.0730. The molecule has 146 valence electrons. The van der Waals surface area contributed by atoms with E-state index in [1.807, 2.05) is 5.38 Å². The van der Waals surface area contributed by atoms with Crippen LogP contribution in [0.15, 0.2) is 41.9 Å². The van der Waals surface area contributed by atoms with Crippen LogP contribution in [0, 0.1) is 0 Å². The second-order valence-corrected chi connectivity index (χ2v) is 7.50. The fourth-order valence-electron chi connectivity index (χ4n) is 3.03. The first-order valence-electron chi connectivity index (χ1n) is 8.21. The molecule has 0 bridgehead atoms. The second kappa shape index (κ2) is 7.10. The molecule has 0 saturated carbocycles. The maximum atomic E-state index is 13.6. The molecular formula is C17H13ClF3N5OS. The zero-order valence-electron chi connectivity index (χ0n) is 14.1. The molecule has 11 heteroatoms. The monoisotopic (exact) mass is 427 g/mol. The highest BCUT2D eigenvalue weighted by molar-refractivity contribution is 7.10. The number of amides is 1. The lowest BCUT2D eigenvalue weighted by Gasteiger charge is -2.32. The Morgan fingerprint density at radius 1 is 1.36 bits per heavy atom. The van der Waals surface area contributed by atoms with Crippen LogP contribution in [-0.4, -0.2) is 26.8 Å². The van der Waals surface area contributed by atoms with E-state index < -0.39 is 24.2 Å². The lowest BCUT2D eigenvalue weighted by molar-refractivity contribution is -0.173. The Morgan fingerprint density at radius 3 is 2.86 bits per heavy atom. The number of aromatic nitrogens is 3. The van der Waals surface area contributed by atoms with Gasteiger partial charge >= 0.3 is 6.18 Å². The number of thiophene rings is 1. The number of fused-ring (bicyclic) bond motifs is 1. The van der Waals surface area contributed by atoms with Crippen molar-refractivity contribution in [3.63, 3.8) is 0 Å². The Bertz CT molecular complexity index is 1000. The van der Waals surface area contributed by atoms with E-state index in [0.717, 1.165) is 9.56 Å². The molecule has 1 aliphatic heterocycles. The van der Waals surface area contributed by atoms with E-state index >= 15 is 0 Å². The highest BCUT2D eigenvalue weighted by Gasteiger charge is 2.47. The fraction of sp³-hybridized carbons (Fsp3) is 0.235. The summed E-state index contributed by atoms with van der Waals surface area (Å²) >= 11 is 7.28. The van der Waals surface area contributed by atoms with Gasteiger partial charge in [0.25, 0.3) is 5.91 Å². The summed E-state index contributed by atoms with van der Waals surface area (Å²) in [5.41, 5.74) is 0.0976. The van der Waals surface area contributed by atoms with Crippen LogP contribution < -0.4 is 10.6 Å². The van der Waals surface area contributed by atoms with Gasteiger partial charge < -0.3 is 10.6 Å². The van der Waals surface area contributed by atoms with Gasteiger partial charge in [0.1, 0.15) is 5.82 Å². The Balaban J connectivity index is 1.65. The molecule has 0 aromatic carbocycles. The van der Waals surface area contributed by atoms with Gasteiger partial charge in [0.2, 0.25) is 0 Å². The summed E-state index contributed by atoms with van der Waals surface area (Å²) in [6, 6.07) is 5.63. The number of pyridine rings is 1. The van der Waals surface area contributed by atoms with Crippen molar-refractivity contribution in [1.29, 1.82) is 0 Å². The summed E-state index contributed by atoms with van der Waals surface area (Å²) in [5.74, 6) is -0.540. The van der Waals surface area contributed by atoms with Crippen molar-refractivity contribution in [3.05, 3.63) is 57.6 Å². The zero-order valence-corrected chi connectivity index (χ0v) is 15.6. The largest absolute Gasteiger partial charge is 0.410 e. The summed E-state index contributed by atoms with van der Waals surface area (Å²) < 4.78 is 41.7. The first-order valence-corrected chi connectivity index (χ1v) is 9.47. The predicted octanol–water partition coefficient (Wildman–Crippen LogP) is 4.91. The number of carbonyl (C=O) groups excluding carboxylic acids is 1. The third kappa shape index (κ3) is 3.57. The van der Waals surface area contributed by atoms with Gasteiger partial charge in [0, 0.05) is 23.6 Å². The quantitative estimate of drug-likeness (QED) is 0.583. The molecule has 0 spiro atoms. The van der Waals surface area contributed by atoms with Gasteiger partial charge in [-0.3, -0.25) is 4.79 Å². The summed E-state index contributed by atoms with van der Waals surface area (Å²) in [7, 11) is 0. The first kappa shape index (κ1) is 18.8. The van der Waals surface area contributed by atoms with Crippen LogP contribution in [0.4, 0.5) is 24.7 Å². The molecule has 4 rings (SSSR count). The number of alkyl halides is 3. The van der Waals surface area contributed by atoms with E-state index in [0.29, 0.717) is 0 Å². The van der Waals surface area contributed by atoms with E-state index in [4.69, 9.17) is 11.6 Å². The van der Waals surface area contributed by atoms with Gasteiger partial charge in [-0.05, 0) is 23.6 Å². The minimum Gasteiger partial charge on any atom is -0.363 e. The van der Waals surface area contributed by atoms with Crippen molar-refractivity contribution in [2.45, 2.75) is 24.7 Å². The number of hydrogen-bond donors (Lipinski definition) is 2. The number of anilines is 2. The third-order valence-electron chi connectivity index (χ3n) is 4.32. The number of halogens is 4. The number of carbonyl (C=O) groups is 1. The van der Waals surface area contributed by atoms with Crippen LogP contribution in [0.2, 0.25) is 5.15 Å². The average Bonchev–Trinajstić information content (AvgIpc) is 3.31. The Hall–Kier alpha value is -2.59. The molecule has 0 aliphatic carbocycles. The molecule has 28 heavy (non-hydrogen) atoms. The number of nitrogens with one attached hydrogen (secondary N) is 2. The molecule has 2 atom stereocenters. The topological polar surface area (TPSA) is 71.8 Å². The maximum absolute atomic E-state index is 13.6. The highest BCUT2D eigenvalue weighted by atomic mass is 35.5. The molecular weight excluding hydrogens is 415 g/mol. The van der Waals surface area contributed by atoms with Gasteiger partial charge in [0.15, 0.2) is 16.9 Å². The van der Waals surface area contributed by atoms with Crippen molar-refractivity contribution in [1.82, 2.24) is 14.8 Å². The Labute approximate surface area is 166 Å². The molecule has 0 radical (unpaired) electrons. The van der Waals surface area contributed by atoms with Crippen molar-refractivity contribution < 1.29 is 18.0 Å². The van der Waals surface area contributed by atoms with Crippen molar-refractivity contribution in [2.75, 3.05) is 10.6 Å². The Kier molecular flexibility index (Phi) is 4.76. The van der Waals surface area contributed by atoms with Crippen LogP contribution in [0.25, 0.3) is 0 Å². The van der Waals surface area contributed by atoms with Gasteiger partial charge in [-0.2, -0.15) is 18.3 Å². The molecule has 6 nitrogen and oxygen atoms in total. The van der Waals surface area contributed by atoms with Gasteiger partial charge in [-0.1, -0.05) is 17.7 Å². The van der Waals surface area contributed by atoms with Crippen molar-refractivity contribution >= 4 is 40.4 Å². The summed E-state index contributed by atoms with van der Waals surface area (Å²) in [4.78, 5) is 17.1. The number of hydrogen-bond acceptors (Lipinski definition) is 5. The standard InChI is InChI=1S/C17H13ClF3N5OS/c18-15-9(3-1-5-22-15)24-16(27)11-8-14-23-10(12-4-2-6-28-12)7-13(17(19,20)21)26(14)25-11/h1-6,8,10,13,23H,7H2,(H,24,27). The zero-order chi connectivity index (χ0) is 19.9. The van der Waals surface area contributed by atoms with Gasteiger partial charge in [-0.25, -0.2) is 9.67 Å². The third-order valence-corrected chi connectivity index (χ3v) is 5.60. The van der Waals surface area contributed by atoms with Crippen LogP contribution in [-0.2, 0) is 0 Å². The normalized spacial score (nSPS) is 19.0. The smallest absolute Gasteiger partial charge is 0.363 e. The summed E-state index contributed by atoms with van der Waals surface area (Å²) in [5, 5.41) is 11.3. The predicted molar refractivity (Wildman–Crippen MR) is 99.8 cm³/mol. The molecule has 1 aliphatic rings. The average molecular weight is 428 g/mol. The molecule has 0 saturated heterocycles. The molecule has 1 amide bonds. The van der Waals surface area contributed by atoms with Crippen LogP contribution >= 0.6 is 22.9 Å². The van der Waals surface area contributed by atoms with E-state index in [-0.39, 0.29) is 28.8 Å². The van der Waals surface area contributed by atoms with Gasteiger partial charge in [0.05, 0.1) is 11.7 Å². The number of nitrogens with zero attached hydrogens (tertiary/aromatic N) is 3. The van der Waals surface area contributed by atoms with E-state index in [1.165, 1.54) is 29.7 Å². The fourth-order valence-corrected chi connectivity index (χ4v) is 3.98. The first-order chi connectivity index (χ1) is 13.3. The van der Waals surface area contributed by atoms with Gasteiger partial charge in [-0.15, -0.1) is 11.3 Å². The Morgan fingerprint density at radius 2 is 2.18 bits per heavy atom. The van der Waals surface area contributed by atoms with Crippen molar-refractivity contribution in [3.8, 4) is 0 Å².